The Bertz CT molecular complexity index is 1590. The van der Waals surface area contributed by atoms with Gasteiger partial charge < -0.3 is 25.7 Å². The molecule has 4 N–H and O–H groups in total. The van der Waals surface area contributed by atoms with E-state index in [-0.39, 0.29) is 12.0 Å². The average molecular weight is 569 g/mol. The number of methoxy groups -OCH3 is 1. The molecule has 5 rings (SSSR count). The van der Waals surface area contributed by atoms with Crippen molar-refractivity contribution in [2.24, 2.45) is 16.0 Å². The second kappa shape index (κ2) is 11.4. The van der Waals surface area contributed by atoms with E-state index < -0.39 is 17.8 Å². The number of aromatic amines is 1. The van der Waals surface area contributed by atoms with Crippen molar-refractivity contribution >= 4 is 33.7 Å². The summed E-state index contributed by atoms with van der Waals surface area (Å²) in [6.45, 7) is 3.07. The van der Waals surface area contributed by atoms with Crippen LogP contribution in [0.2, 0.25) is 0 Å². The fourth-order valence-corrected chi connectivity index (χ4v) is 4.85. The van der Waals surface area contributed by atoms with Crippen molar-refractivity contribution in [3.8, 4) is 0 Å². The minimum absolute atomic E-state index is 0.0402. The number of halogens is 3. The first-order valence-corrected chi connectivity index (χ1v) is 13.3. The van der Waals surface area contributed by atoms with Crippen LogP contribution < -0.4 is 11.1 Å². The van der Waals surface area contributed by atoms with Crippen LogP contribution in [-0.2, 0) is 16.8 Å². The Kier molecular flexibility index (Phi) is 7.91. The minimum atomic E-state index is -4.61. The molecule has 2 aromatic carbocycles. The second-order valence-corrected chi connectivity index (χ2v) is 10.1. The van der Waals surface area contributed by atoms with Crippen LogP contribution >= 0.6 is 0 Å². The molecule has 0 saturated carbocycles. The zero-order chi connectivity index (χ0) is 29.2. The third kappa shape index (κ3) is 5.86. The molecule has 3 heterocycles. The van der Waals surface area contributed by atoms with Crippen molar-refractivity contribution in [1.29, 1.82) is 0 Å². The summed E-state index contributed by atoms with van der Waals surface area (Å²) < 4.78 is 45.5. The van der Waals surface area contributed by atoms with E-state index in [2.05, 4.69) is 32.5 Å². The van der Waals surface area contributed by atoms with Crippen molar-refractivity contribution in [2.75, 3.05) is 45.7 Å². The molecule has 1 aliphatic rings. The third-order valence-corrected chi connectivity index (χ3v) is 7.06. The molecule has 0 atom stereocenters. The number of hydrogen-bond acceptors (Lipinski definition) is 9. The lowest BCUT2D eigenvalue weighted by Crippen LogP contribution is -2.30. The highest BCUT2D eigenvalue weighted by molar-refractivity contribution is 6.12. The lowest BCUT2D eigenvalue weighted by atomic mass is 9.99. The van der Waals surface area contributed by atoms with E-state index in [4.69, 9.17) is 20.4 Å². The van der Waals surface area contributed by atoms with Gasteiger partial charge in [0.25, 0.3) is 0 Å². The summed E-state index contributed by atoms with van der Waals surface area (Å²) in [6, 6.07) is 11.3. The lowest BCUT2D eigenvalue weighted by molar-refractivity contribution is -0.166. The fourth-order valence-electron chi connectivity index (χ4n) is 4.85. The number of hydrogen-bond donors (Lipinski definition) is 3. The van der Waals surface area contributed by atoms with Gasteiger partial charge in [-0.25, -0.2) is 14.8 Å². The summed E-state index contributed by atoms with van der Waals surface area (Å²) in [7, 11) is 3.37. The number of benzene rings is 2. The molecule has 0 amide bonds. The number of nitrogens with one attached hydrogen (secondary N) is 2. The van der Waals surface area contributed by atoms with E-state index in [1.807, 2.05) is 6.07 Å². The molecule has 10 nitrogen and oxygen atoms in total. The normalized spacial score (nSPS) is 14.2. The van der Waals surface area contributed by atoms with Gasteiger partial charge in [0.2, 0.25) is 0 Å². The Morgan fingerprint density at radius 3 is 2.61 bits per heavy atom. The molecule has 0 unspecified atom stereocenters. The highest BCUT2D eigenvalue weighted by Gasteiger charge is 2.65. The molecule has 41 heavy (non-hydrogen) atoms. The predicted octanol–water partition coefficient (Wildman–Crippen LogP) is 4.75. The Balaban J connectivity index is 1.46. The Hall–Kier alpha value is -4.10. The van der Waals surface area contributed by atoms with Crippen molar-refractivity contribution in [1.82, 2.24) is 19.9 Å². The lowest BCUT2D eigenvalue weighted by Gasteiger charge is -2.16. The van der Waals surface area contributed by atoms with Crippen LogP contribution in [0, 0.1) is 0 Å². The summed E-state index contributed by atoms with van der Waals surface area (Å²) in [6.07, 6.45) is -2.64. The molecular formula is C28H31F3N8O2. The molecule has 4 aromatic rings. The molecule has 0 spiro atoms. The maximum atomic E-state index is 13.6. The standard InChI is InChI=1S/C28H31F3N8O2/c1-39(12-4-10-32)13-5-11-33-24-23-20-9-8-18(26(40)41-2)16-21(20)34-25(23)36-22(35-24)15-17-6-3-7-19(14-17)27(37-38-27)28(29,30)31/h3,6-9,14,16H,4-5,10-13,15,32H2,1-2H3,(H2,33,34,35,36). The predicted molar refractivity (Wildman–Crippen MR) is 149 cm³/mol. The Morgan fingerprint density at radius 1 is 1.12 bits per heavy atom. The number of carbonyl (C=O) groups is 1. The van der Waals surface area contributed by atoms with Crippen molar-refractivity contribution in [3.05, 3.63) is 65.0 Å². The number of fused-ring (bicyclic) bond motifs is 3. The largest absolute Gasteiger partial charge is 0.465 e. The van der Waals surface area contributed by atoms with Crippen LogP contribution in [0.3, 0.4) is 0 Å². The average Bonchev–Trinajstić information content (AvgIpc) is 3.70. The van der Waals surface area contributed by atoms with Crippen molar-refractivity contribution in [3.63, 3.8) is 0 Å². The highest BCUT2D eigenvalue weighted by Crippen LogP contribution is 2.52. The topological polar surface area (TPSA) is 134 Å². The molecule has 1 aliphatic heterocycles. The molecule has 216 valence electrons. The smallest absolute Gasteiger partial charge is 0.442 e. The first-order valence-electron chi connectivity index (χ1n) is 13.3. The second-order valence-electron chi connectivity index (χ2n) is 10.1. The number of ether oxygens (including phenoxy) is 1. The van der Waals surface area contributed by atoms with Crippen LogP contribution in [0.5, 0.6) is 0 Å². The Morgan fingerprint density at radius 2 is 1.90 bits per heavy atom. The van der Waals surface area contributed by atoms with Gasteiger partial charge in [-0.1, -0.05) is 30.3 Å². The quantitative estimate of drug-likeness (QED) is 0.166. The van der Waals surface area contributed by atoms with Gasteiger partial charge in [-0.2, -0.15) is 13.2 Å². The third-order valence-electron chi connectivity index (χ3n) is 7.06. The van der Waals surface area contributed by atoms with Gasteiger partial charge in [0.1, 0.15) is 17.3 Å². The number of nitrogens with zero attached hydrogens (tertiary/aromatic N) is 5. The molecule has 0 bridgehead atoms. The van der Waals surface area contributed by atoms with Gasteiger partial charge in [-0.05, 0) is 57.2 Å². The number of alkyl halides is 3. The van der Waals surface area contributed by atoms with Crippen LogP contribution in [0.15, 0.2) is 52.7 Å². The number of rotatable bonds is 12. The summed E-state index contributed by atoms with van der Waals surface area (Å²) in [5, 5.41) is 11.6. The first-order chi connectivity index (χ1) is 19.6. The van der Waals surface area contributed by atoms with Crippen LogP contribution in [0.1, 0.15) is 40.2 Å². The number of carbonyl (C=O) groups excluding carboxylic acids is 1. The van der Waals surface area contributed by atoms with Gasteiger partial charge in [-0.3, -0.25) is 0 Å². The maximum absolute atomic E-state index is 13.6. The van der Waals surface area contributed by atoms with Crippen LogP contribution in [0.4, 0.5) is 19.0 Å². The summed E-state index contributed by atoms with van der Waals surface area (Å²) in [4.78, 5) is 27.0. The number of H-pyrrole nitrogens is 1. The SMILES string of the molecule is COC(=O)c1ccc2c(c1)[nH]c1nc(Cc3cccc(C4(C(F)(F)F)N=N4)c3)nc(NCCCN(C)CCCN)c12. The van der Waals surface area contributed by atoms with Crippen molar-refractivity contribution < 1.29 is 22.7 Å². The number of nitrogens with two attached hydrogens (primary N) is 1. The molecule has 13 heteroatoms. The Labute approximate surface area is 234 Å². The van der Waals surface area contributed by atoms with E-state index in [0.717, 1.165) is 36.7 Å². The van der Waals surface area contributed by atoms with Gasteiger partial charge in [-0.15, -0.1) is 10.2 Å². The molecular weight excluding hydrogens is 537 g/mol. The minimum Gasteiger partial charge on any atom is -0.465 e. The summed E-state index contributed by atoms with van der Waals surface area (Å²) in [5.74, 6) is 0.560. The maximum Gasteiger partial charge on any atom is 0.442 e. The summed E-state index contributed by atoms with van der Waals surface area (Å²) in [5.41, 5.74) is 5.29. The van der Waals surface area contributed by atoms with E-state index in [0.29, 0.717) is 47.0 Å². The van der Waals surface area contributed by atoms with Crippen LogP contribution in [-0.4, -0.2) is 72.3 Å². The highest BCUT2D eigenvalue weighted by atomic mass is 19.4. The number of aromatic nitrogens is 3. The van der Waals surface area contributed by atoms with Gasteiger partial charge >= 0.3 is 17.8 Å². The summed E-state index contributed by atoms with van der Waals surface area (Å²) >= 11 is 0. The first kappa shape index (κ1) is 28.4. The molecule has 0 radical (unpaired) electrons. The monoisotopic (exact) mass is 568 g/mol. The molecule has 2 aromatic heterocycles. The molecule has 0 saturated heterocycles. The van der Waals surface area contributed by atoms with Gasteiger partial charge in [0.15, 0.2) is 0 Å². The van der Waals surface area contributed by atoms with E-state index in [1.165, 1.54) is 19.2 Å². The van der Waals surface area contributed by atoms with Crippen molar-refractivity contribution in [2.45, 2.75) is 31.1 Å². The van der Waals surface area contributed by atoms with E-state index >= 15 is 0 Å². The molecule has 0 aliphatic carbocycles. The molecule has 0 fully saturated rings. The van der Waals surface area contributed by atoms with Gasteiger partial charge in [0.05, 0.1) is 18.1 Å². The van der Waals surface area contributed by atoms with E-state index in [1.54, 1.807) is 24.3 Å². The zero-order valence-corrected chi connectivity index (χ0v) is 22.8. The zero-order valence-electron chi connectivity index (χ0n) is 22.8. The number of anilines is 1. The van der Waals surface area contributed by atoms with Crippen LogP contribution in [0.25, 0.3) is 21.9 Å². The number of esters is 1. The fraction of sp³-hybridized carbons (Fsp3) is 0.393. The van der Waals surface area contributed by atoms with E-state index in [9.17, 15) is 18.0 Å². The van der Waals surface area contributed by atoms with Gasteiger partial charge in [0, 0.05) is 29.4 Å².